The van der Waals surface area contributed by atoms with Gasteiger partial charge in [-0.25, -0.2) is 0 Å². The molecule has 2 aromatic rings. The van der Waals surface area contributed by atoms with E-state index in [1.165, 1.54) is 11.5 Å². The second-order valence-corrected chi connectivity index (χ2v) is 5.72. The Labute approximate surface area is 133 Å². The number of aromatic nitrogens is 1. The van der Waals surface area contributed by atoms with Crippen LogP contribution in [0.25, 0.3) is 0 Å². The monoisotopic (exact) mass is 321 g/mol. The van der Waals surface area contributed by atoms with Gasteiger partial charge in [0, 0.05) is 0 Å². The van der Waals surface area contributed by atoms with Crippen LogP contribution in [-0.4, -0.2) is 17.0 Å². The van der Waals surface area contributed by atoms with Crippen LogP contribution in [0.1, 0.15) is 24.5 Å². The maximum atomic E-state index is 9.04. The topological polar surface area (TPSA) is 57.9 Å². The Morgan fingerprint density at radius 3 is 2.90 bits per heavy atom. The summed E-state index contributed by atoms with van der Waals surface area (Å²) in [5.74, 6) is 0.883. The largest absolute Gasteiger partial charge is 0.488 e. The highest BCUT2D eigenvalue weighted by molar-refractivity contribution is 7.10. The number of nitrogens with one attached hydrogen (secondary N) is 1. The van der Waals surface area contributed by atoms with Gasteiger partial charge >= 0.3 is 0 Å². The van der Waals surface area contributed by atoms with Crippen molar-refractivity contribution in [2.24, 2.45) is 0 Å². The number of benzene rings is 1. The lowest BCUT2D eigenvalue weighted by Gasteiger charge is -2.19. The summed E-state index contributed by atoms with van der Waals surface area (Å²) in [4.78, 5) is 0. The Hall–Kier alpha value is -1.77. The van der Waals surface area contributed by atoms with Gasteiger partial charge in [-0.05, 0) is 36.5 Å². The molecular weight excluding hydrogens is 306 g/mol. The van der Waals surface area contributed by atoms with Gasteiger partial charge in [0.1, 0.15) is 28.5 Å². The molecule has 0 bridgehead atoms. The molecule has 0 saturated carbocycles. The second-order valence-electron chi connectivity index (χ2n) is 4.58. The van der Waals surface area contributed by atoms with Crippen LogP contribution < -0.4 is 10.1 Å². The molecule has 1 unspecified atom stereocenters. The average Bonchev–Trinajstić information content (AvgIpc) is 2.85. The summed E-state index contributed by atoms with van der Waals surface area (Å²) in [6.45, 7) is 4.68. The summed E-state index contributed by atoms with van der Waals surface area (Å²) in [5, 5.41) is 13.2. The van der Waals surface area contributed by atoms with E-state index in [0.717, 1.165) is 17.7 Å². The van der Waals surface area contributed by atoms with E-state index in [4.69, 9.17) is 21.6 Å². The van der Waals surface area contributed by atoms with Gasteiger partial charge < -0.3 is 10.1 Å². The molecule has 0 fully saturated rings. The van der Waals surface area contributed by atoms with Crippen LogP contribution in [0.15, 0.2) is 24.3 Å². The van der Waals surface area contributed by atoms with Gasteiger partial charge in [0.05, 0.1) is 6.54 Å². The van der Waals surface area contributed by atoms with Crippen LogP contribution in [0.3, 0.4) is 0 Å². The van der Waals surface area contributed by atoms with Crippen LogP contribution in [-0.2, 0) is 0 Å². The minimum absolute atomic E-state index is 0.0125. The molecule has 0 aliphatic heterocycles. The Balaban J connectivity index is 2.00. The standard InChI is InChI=1S/C15H16ClN3OS/c1-3-11(20-13-7-5-4-6-10(13)2)9-18-15-12(8-17)14(16)19-21-15/h4-7,11,18H,3,9H2,1-2H3. The fraction of sp³-hybridized carbons (Fsp3) is 0.333. The SMILES string of the molecule is CCC(CNc1snc(Cl)c1C#N)Oc1ccccc1C. The van der Waals surface area contributed by atoms with E-state index >= 15 is 0 Å². The molecule has 0 amide bonds. The lowest BCUT2D eigenvalue weighted by Crippen LogP contribution is -2.25. The Morgan fingerprint density at radius 2 is 2.24 bits per heavy atom. The highest BCUT2D eigenvalue weighted by Crippen LogP contribution is 2.27. The van der Waals surface area contributed by atoms with Crippen LogP contribution >= 0.6 is 23.1 Å². The predicted octanol–water partition coefficient (Wildman–Crippen LogP) is 4.25. The van der Waals surface area contributed by atoms with Gasteiger partial charge in [0.25, 0.3) is 0 Å². The first-order valence-corrected chi connectivity index (χ1v) is 7.82. The maximum Gasteiger partial charge on any atom is 0.162 e. The van der Waals surface area contributed by atoms with E-state index in [2.05, 4.69) is 22.7 Å². The number of halogens is 1. The van der Waals surface area contributed by atoms with Crippen molar-refractivity contribution < 1.29 is 4.74 Å². The molecule has 0 aliphatic carbocycles. The Morgan fingerprint density at radius 1 is 1.48 bits per heavy atom. The first-order chi connectivity index (χ1) is 10.2. The Kier molecular flexibility index (Phi) is 5.43. The molecule has 0 spiro atoms. The van der Waals surface area contributed by atoms with Crippen LogP contribution in [0, 0.1) is 18.3 Å². The molecule has 21 heavy (non-hydrogen) atoms. The van der Waals surface area contributed by atoms with Crippen LogP contribution in [0.5, 0.6) is 5.75 Å². The summed E-state index contributed by atoms with van der Waals surface area (Å²) in [5.41, 5.74) is 1.50. The van der Waals surface area contributed by atoms with Gasteiger partial charge in [0.2, 0.25) is 0 Å². The third-order valence-corrected chi connectivity index (χ3v) is 4.27. The summed E-state index contributed by atoms with van der Waals surface area (Å²) in [6, 6.07) is 9.98. The maximum absolute atomic E-state index is 9.04. The van der Waals surface area contributed by atoms with E-state index in [1.54, 1.807) is 0 Å². The van der Waals surface area contributed by atoms with Crippen molar-refractivity contribution in [2.45, 2.75) is 26.4 Å². The number of nitrogens with zero attached hydrogens (tertiary/aromatic N) is 2. The van der Waals surface area contributed by atoms with Gasteiger partial charge in [-0.1, -0.05) is 36.7 Å². The number of anilines is 1. The molecule has 0 aliphatic rings. The van der Waals surface area contributed by atoms with Gasteiger partial charge in [-0.2, -0.15) is 9.64 Å². The zero-order valence-corrected chi connectivity index (χ0v) is 13.5. The number of aryl methyl sites for hydroxylation is 1. The number of rotatable bonds is 6. The summed E-state index contributed by atoms with van der Waals surface area (Å²) < 4.78 is 9.97. The van der Waals surface area contributed by atoms with Gasteiger partial charge in [0.15, 0.2) is 5.15 Å². The Bertz CT molecular complexity index is 651. The molecule has 1 atom stereocenters. The molecule has 2 rings (SSSR count). The summed E-state index contributed by atoms with van der Waals surface area (Å²) in [6.07, 6.45) is 0.869. The minimum Gasteiger partial charge on any atom is -0.488 e. The lowest BCUT2D eigenvalue weighted by molar-refractivity contribution is 0.208. The molecule has 1 aromatic heterocycles. The molecule has 110 valence electrons. The fourth-order valence-corrected chi connectivity index (χ4v) is 2.77. The molecule has 0 saturated heterocycles. The van der Waals surface area contributed by atoms with E-state index < -0.39 is 0 Å². The van der Waals surface area contributed by atoms with Crippen molar-refractivity contribution in [1.82, 2.24) is 4.37 Å². The normalized spacial score (nSPS) is 11.7. The highest BCUT2D eigenvalue weighted by atomic mass is 35.5. The summed E-state index contributed by atoms with van der Waals surface area (Å²) >= 11 is 7.04. The number of nitriles is 1. The molecule has 1 N–H and O–H groups in total. The molecular formula is C15H16ClN3OS. The zero-order chi connectivity index (χ0) is 15.2. The number of para-hydroxylation sites is 1. The first kappa shape index (κ1) is 15.6. The third kappa shape index (κ3) is 3.87. The highest BCUT2D eigenvalue weighted by Gasteiger charge is 2.14. The van der Waals surface area contributed by atoms with E-state index in [0.29, 0.717) is 17.1 Å². The minimum atomic E-state index is 0.0125. The molecule has 1 heterocycles. The fourth-order valence-electron chi connectivity index (χ4n) is 1.83. The van der Waals surface area contributed by atoms with E-state index in [1.807, 2.05) is 31.2 Å². The number of hydrogen-bond donors (Lipinski definition) is 1. The predicted molar refractivity (Wildman–Crippen MR) is 86.2 cm³/mol. The van der Waals surface area contributed by atoms with Crippen molar-refractivity contribution in [3.63, 3.8) is 0 Å². The van der Waals surface area contributed by atoms with E-state index in [-0.39, 0.29) is 11.3 Å². The molecule has 6 heteroatoms. The third-order valence-electron chi connectivity index (χ3n) is 3.10. The average molecular weight is 322 g/mol. The van der Waals surface area contributed by atoms with Crippen molar-refractivity contribution in [2.75, 3.05) is 11.9 Å². The smallest absolute Gasteiger partial charge is 0.162 e. The zero-order valence-electron chi connectivity index (χ0n) is 11.9. The van der Waals surface area contributed by atoms with Crippen LogP contribution in [0.2, 0.25) is 5.15 Å². The van der Waals surface area contributed by atoms with Crippen molar-refractivity contribution >= 4 is 28.1 Å². The van der Waals surface area contributed by atoms with Crippen molar-refractivity contribution in [3.8, 4) is 11.8 Å². The van der Waals surface area contributed by atoms with Gasteiger partial charge in [-0.15, -0.1) is 0 Å². The number of hydrogen-bond acceptors (Lipinski definition) is 5. The van der Waals surface area contributed by atoms with Crippen molar-refractivity contribution in [3.05, 3.63) is 40.5 Å². The lowest BCUT2D eigenvalue weighted by atomic mass is 10.2. The summed E-state index contributed by atoms with van der Waals surface area (Å²) in [7, 11) is 0. The van der Waals surface area contributed by atoms with Crippen molar-refractivity contribution in [1.29, 1.82) is 5.26 Å². The molecule has 4 nitrogen and oxygen atoms in total. The first-order valence-electron chi connectivity index (χ1n) is 6.67. The second kappa shape index (κ2) is 7.30. The van der Waals surface area contributed by atoms with E-state index in [9.17, 15) is 0 Å². The number of ether oxygens (including phenoxy) is 1. The molecule has 0 radical (unpaired) electrons. The van der Waals surface area contributed by atoms with Gasteiger partial charge in [-0.3, -0.25) is 0 Å². The van der Waals surface area contributed by atoms with Crippen LogP contribution in [0.4, 0.5) is 5.00 Å². The quantitative estimate of drug-likeness (QED) is 0.864. The molecule has 1 aromatic carbocycles.